The van der Waals surface area contributed by atoms with Gasteiger partial charge in [0.15, 0.2) is 0 Å². The topological polar surface area (TPSA) is 46.3 Å². The molecule has 0 aliphatic heterocycles. The number of amides is 1. The molecular formula is C14H24N2O. The average molecular weight is 236 g/mol. The predicted molar refractivity (Wildman–Crippen MR) is 70.2 cm³/mol. The molecule has 0 heterocycles. The van der Waals surface area contributed by atoms with Gasteiger partial charge in [-0.3, -0.25) is 4.79 Å². The minimum absolute atomic E-state index is 0.0207. The maximum atomic E-state index is 12.0. The van der Waals surface area contributed by atoms with E-state index in [1.54, 1.807) is 4.90 Å². The fourth-order valence-electron chi connectivity index (χ4n) is 2.43. The minimum Gasteiger partial charge on any atom is -0.341 e. The molecule has 1 amide bonds. The van der Waals surface area contributed by atoms with E-state index in [-0.39, 0.29) is 5.91 Å². The third kappa shape index (κ3) is 3.74. The van der Waals surface area contributed by atoms with Crippen LogP contribution in [0.25, 0.3) is 0 Å². The van der Waals surface area contributed by atoms with Gasteiger partial charge in [-0.05, 0) is 31.1 Å². The summed E-state index contributed by atoms with van der Waals surface area (Å²) in [6.07, 6.45) is 9.97. The summed E-state index contributed by atoms with van der Waals surface area (Å²) in [5.74, 6) is 2.43. The molecule has 1 aliphatic rings. The SMILES string of the molecule is C#CCC(N)C(=O)N(C)C1CCC(C)(C)CC1. The molecular weight excluding hydrogens is 212 g/mol. The van der Waals surface area contributed by atoms with Gasteiger partial charge in [0.1, 0.15) is 0 Å². The highest BCUT2D eigenvalue weighted by atomic mass is 16.2. The van der Waals surface area contributed by atoms with Crippen LogP contribution in [0.2, 0.25) is 0 Å². The number of carbonyl (C=O) groups excluding carboxylic acids is 1. The number of likely N-dealkylation sites (N-methyl/N-ethyl adjacent to an activating group) is 1. The quantitative estimate of drug-likeness (QED) is 0.759. The lowest BCUT2D eigenvalue weighted by molar-refractivity contribution is -0.134. The van der Waals surface area contributed by atoms with Crippen molar-refractivity contribution in [1.29, 1.82) is 0 Å². The Hall–Kier alpha value is -1.01. The van der Waals surface area contributed by atoms with Gasteiger partial charge in [0.25, 0.3) is 0 Å². The maximum Gasteiger partial charge on any atom is 0.240 e. The van der Waals surface area contributed by atoms with E-state index in [4.69, 9.17) is 12.2 Å². The highest BCUT2D eigenvalue weighted by Crippen LogP contribution is 2.36. The number of carbonyl (C=O) groups is 1. The lowest BCUT2D eigenvalue weighted by atomic mass is 9.75. The zero-order chi connectivity index (χ0) is 13.1. The van der Waals surface area contributed by atoms with Gasteiger partial charge in [0.05, 0.1) is 6.04 Å². The van der Waals surface area contributed by atoms with E-state index in [1.165, 1.54) is 12.8 Å². The molecule has 0 saturated heterocycles. The molecule has 1 rings (SSSR count). The zero-order valence-corrected chi connectivity index (χ0v) is 11.2. The average Bonchev–Trinajstić information content (AvgIpc) is 2.27. The number of terminal acetylenes is 1. The van der Waals surface area contributed by atoms with Crippen LogP contribution in [0.3, 0.4) is 0 Å². The molecule has 3 nitrogen and oxygen atoms in total. The molecule has 2 N–H and O–H groups in total. The lowest BCUT2D eigenvalue weighted by Gasteiger charge is -2.39. The van der Waals surface area contributed by atoms with Crippen LogP contribution in [0.4, 0.5) is 0 Å². The smallest absolute Gasteiger partial charge is 0.240 e. The molecule has 0 spiro atoms. The van der Waals surface area contributed by atoms with E-state index in [1.807, 2.05) is 7.05 Å². The molecule has 1 fully saturated rings. The first-order valence-corrected chi connectivity index (χ1v) is 6.33. The third-order valence-electron chi connectivity index (χ3n) is 3.86. The van der Waals surface area contributed by atoms with E-state index < -0.39 is 6.04 Å². The van der Waals surface area contributed by atoms with Crippen LogP contribution in [-0.2, 0) is 4.79 Å². The monoisotopic (exact) mass is 236 g/mol. The first kappa shape index (κ1) is 14.1. The summed E-state index contributed by atoms with van der Waals surface area (Å²) in [6.45, 7) is 4.57. The molecule has 1 saturated carbocycles. The second kappa shape index (κ2) is 5.55. The van der Waals surface area contributed by atoms with Crippen molar-refractivity contribution in [2.24, 2.45) is 11.1 Å². The van der Waals surface area contributed by atoms with Gasteiger partial charge in [-0.2, -0.15) is 0 Å². The van der Waals surface area contributed by atoms with E-state index in [2.05, 4.69) is 19.8 Å². The van der Waals surface area contributed by atoms with Crippen molar-refractivity contribution < 1.29 is 4.79 Å². The summed E-state index contributed by atoms with van der Waals surface area (Å²) < 4.78 is 0. The summed E-state index contributed by atoms with van der Waals surface area (Å²) >= 11 is 0. The molecule has 1 atom stereocenters. The van der Waals surface area contributed by atoms with Crippen LogP contribution < -0.4 is 5.73 Å². The number of nitrogens with two attached hydrogens (primary N) is 1. The minimum atomic E-state index is -0.542. The standard InChI is InChI=1S/C14H24N2O/c1-5-6-12(15)13(17)16(4)11-7-9-14(2,3)10-8-11/h1,11-12H,6-10,15H2,2-4H3. The van der Waals surface area contributed by atoms with E-state index in [0.29, 0.717) is 17.9 Å². The van der Waals surface area contributed by atoms with Crippen molar-refractivity contribution in [3.8, 4) is 12.3 Å². The van der Waals surface area contributed by atoms with Gasteiger partial charge in [0, 0.05) is 19.5 Å². The zero-order valence-electron chi connectivity index (χ0n) is 11.2. The molecule has 17 heavy (non-hydrogen) atoms. The van der Waals surface area contributed by atoms with Crippen molar-refractivity contribution in [2.45, 2.75) is 58.0 Å². The fraction of sp³-hybridized carbons (Fsp3) is 0.786. The predicted octanol–water partition coefficient (Wildman–Crippen LogP) is 1.76. The third-order valence-corrected chi connectivity index (χ3v) is 3.86. The molecule has 3 heteroatoms. The van der Waals surface area contributed by atoms with Gasteiger partial charge < -0.3 is 10.6 Å². The summed E-state index contributed by atoms with van der Waals surface area (Å²) in [7, 11) is 1.85. The second-order valence-corrected chi connectivity index (χ2v) is 5.86. The van der Waals surface area contributed by atoms with Crippen LogP contribution in [0, 0.1) is 17.8 Å². The number of hydrogen-bond acceptors (Lipinski definition) is 2. The Balaban J connectivity index is 2.51. The van der Waals surface area contributed by atoms with Gasteiger partial charge in [-0.15, -0.1) is 12.3 Å². The number of rotatable bonds is 3. The summed E-state index contributed by atoms with van der Waals surface area (Å²) in [6, 6.07) is -0.209. The van der Waals surface area contributed by atoms with Crippen molar-refractivity contribution >= 4 is 5.91 Å². The van der Waals surface area contributed by atoms with E-state index in [0.717, 1.165) is 12.8 Å². The Labute approximate surface area is 105 Å². The molecule has 0 aromatic heterocycles. The Kier molecular flexibility index (Phi) is 4.59. The summed E-state index contributed by atoms with van der Waals surface area (Å²) in [4.78, 5) is 13.8. The fourth-order valence-corrected chi connectivity index (χ4v) is 2.43. The summed E-state index contributed by atoms with van der Waals surface area (Å²) in [5, 5.41) is 0. The number of hydrogen-bond donors (Lipinski definition) is 1. The van der Waals surface area contributed by atoms with Crippen molar-refractivity contribution in [1.82, 2.24) is 4.90 Å². The first-order chi connectivity index (χ1) is 7.87. The van der Waals surface area contributed by atoms with Crippen molar-refractivity contribution in [3.05, 3.63) is 0 Å². The van der Waals surface area contributed by atoms with Gasteiger partial charge in [-0.25, -0.2) is 0 Å². The maximum absolute atomic E-state index is 12.0. The highest BCUT2D eigenvalue weighted by Gasteiger charge is 2.31. The summed E-state index contributed by atoms with van der Waals surface area (Å²) in [5.41, 5.74) is 6.17. The van der Waals surface area contributed by atoms with Gasteiger partial charge in [-0.1, -0.05) is 13.8 Å². The Morgan fingerprint density at radius 3 is 2.53 bits per heavy atom. The largest absolute Gasteiger partial charge is 0.341 e. The molecule has 1 aliphatic carbocycles. The van der Waals surface area contributed by atoms with Crippen LogP contribution >= 0.6 is 0 Å². The van der Waals surface area contributed by atoms with Crippen molar-refractivity contribution in [2.75, 3.05) is 7.05 Å². The molecule has 0 bridgehead atoms. The van der Waals surface area contributed by atoms with E-state index in [9.17, 15) is 4.79 Å². The van der Waals surface area contributed by atoms with E-state index >= 15 is 0 Å². The van der Waals surface area contributed by atoms with Crippen molar-refractivity contribution in [3.63, 3.8) is 0 Å². The van der Waals surface area contributed by atoms with Gasteiger partial charge in [0.2, 0.25) is 5.91 Å². The van der Waals surface area contributed by atoms with Crippen LogP contribution in [0.5, 0.6) is 0 Å². The van der Waals surface area contributed by atoms with Crippen LogP contribution in [0.15, 0.2) is 0 Å². The molecule has 1 unspecified atom stereocenters. The number of nitrogens with zero attached hydrogens (tertiary/aromatic N) is 1. The Morgan fingerprint density at radius 2 is 2.06 bits per heavy atom. The second-order valence-electron chi connectivity index (χ2n) is 5.86. The van der Waals surface area contributed by atoms with Crippen LogP contribution in [-0.4, -0.2) is 29.9 Å². The Bertz CT molecular complexity index is 307. The highest BCUT2D eigenvalue weighted by molar-refractivity contribution is 5.82. The first-order valence-electron chi connectivity index (χ1n) is 6.33. The molecule has 96 valence electrons. The molecule has 0 aromatic rings. The lowest BCUT2D eigenvalue weighted by Crippen LogP contribution is -2.48. The molecule has 0 radical (unpaired) electrons. The Morgan fingerprint density at radius 1 is 1.53 bits per heavy atom. The van der Waals surface area contributed by atoms with Gasteiger partial charge >= 0.3 is 0 Å². The normalized spacial score (nSPS) is 21.6. The van der Waals surface area contributed by atoms with Crippen LogP contribution in [0.1, 0.15) is 46.0 Å². The molecule has 0 aromatic carbocycles.